The Morgan fingerprint density at radius 3 is 1.43 bits per heavy atom. The average molecular weight is 447 g/mol. The number of rotatable bonds is 13. The zero-order valence-corrected chi connectivity index (χ0v) is 21.1. The van der Waals surface area contributed by atoms with E-state index in [1.165, 1.54) is 11.4 Å². The van der Waals surface area contributed by atoms with E-state index < -0.39 is 0 Å². The van der Waals surface area contributed by atoms with Crippen LogP contribution in [-0.4, -0.2) is 69.5 Å². The van der Waals surface area contributed by atoms with Crippen molar-refractivity contribution in [3.05, 3.63) is 60.2 Å². The lowest BCUT2D eigenvalue weighted by molar-refractivity contribution is 0.312. The van der Waals surface area contributed by atoms with Gasteiger partial charge in [-0.2, -0.15) is 0 Å². The monoisotopic (exact) mass is 446 g/mol. The highest BCUT2D eigenvalue weighted by atomic mass is 33.1. The largest absolute Gasteiger partial charge is 0.305 e. The SMILES string of the molecule is CN(CCc1ccccn1)CC(C)(C)SSC(C)(C)CN(C)CCc1ccccn1. The quantitative estimate of drug-likeness (QED) is 0.400. The fourth-order valence-electron chi connectivity index (χ4n) is 3.44. The number of aromatic nitrogens is 2. The third-order valence-electron chi connectivity index (χ3n) is 4.75. The summed E-state index contributed by atoms with van der Waals surface area (Å²) in [7, 11) is 8.45. The van der Waals surface area contributed by atoms with Gasteiger partial charge >= 0.3 is 0 Å². The van der Waals surface area contributed by atoms with Crippen LogP contribution < -0.4 is 0 Å². The molecule has 0 saturated carbocycles. The summed E-state index contributed by atoms with van der Waals surface area (Å²) in [5, 5.41) is 0. The highest BCUT2D eigenvalue weighted by molar-refractivity contribution is 8.77. The summed E-state index contributed by atoms with van der Waals surface area (Å²) in [4.78, 5) is 13.7. The first-order chi connectivity index (χ1) is 14.2. The van der Waals surface area contributed by atoms with Gasteiger partial charge in [-0.05, 0) is 66.1 Å². The maximum Gasteiger partial charge on any atom is 0.0416 e. The van der Waals surface area contributed by atoms with Gasteiger partial charge in [-0.25, -0.2) is 0 Å². The number of hydrogen-bond acceptors (Lipinski definition) is 6. The Balaban J connectivity index is 1.71. The van der Waals surface area contributed by atoms with Gasteiger partial charge in [0.1, 0.15) is 0 Å². The second-order valence-electron chi connectivity index (χ2n) is 9.30. The third-order valence-corrected chi connectivity index (χ3v) is 8.95. The Kier molecular flexibility index (Phi) is 10.1. The molecule has 0 N–H and O–H groups in total. The van der Waals surface area contributed by atoms with E-state index in [0.29, 0.717) is 0 Å². The summed E-state index contributed by atoms with van der Waals surface area (Å²) in [5.41, 5.74) is 2.33. The lowest BCUT2D eigenvalue weighted by Crippen LogP contribution is -2.37. The maximum atomic E-state index is 4.43. The van der Waals surface area contributed by atoms with Crippen LogP contribution in [0.3, 0.4) is 0 Å². The van der Waals surface area contributed by atoms with Crippen LogP contribution >= 0.6 is 21.6 Å². The van der Waals surface area contributed by atoms with Crippen LogP contribution in [-0.2, 0) is 12.8 Å². The summed E-state index contributed by atoms with van der Waals surface area (Å²) in [5.74, 6) is 0. The van der Waals surface area contributed by atoms with Crippen LogP contribution in [0.25, 0.3) is 0 Å². The Morgan fingerprint density at radius 1 is 0.700 bits per heavy atom. The molecule has 0 aliphatic heterocycles. The average Bonchev–Trinajstić information content (AvgIpc) is 2.70. The zero-order chi connectivity index (χ0) is 22.0. The van der Waals surface area contributed by atoms with Crippen LogP contribution in [0.5, 0.6) is 0 Å². The van der Waals surface area contributed by atoms with Crippen molar-refractivity contribution >= 4 is 21.6 Å². The molecule has 166 valence electrons. The van der Waals surface area contributed by atoms with Gasteiger partial charge in [-0.1, -0.05) is 33.7 Å². The van der Waals surface area contributed by atoms with Crippen molar-refractivity contribution in [1.29, 1.82) is 0 Å². The molecule has 4 nitrogen and oxygen atoms in total. The van der Waals surface area contributed by atoms with Crippen molar-refractivity contribution < 1.29 is 0 Å². The van der Waals surface area contributed by atoms with Crippen LogP contribution in [0.1, 0.15) is 39.1 Å². The molecule has 0 bridgehead atoms. The molecule has 0 atom stereocenters. The molecule has 0 aliphatic rings. The number of likely N-dealkylation sites (N-methyl/N-ethyl adjacent to an activating group) is 2. The molecule has 0 aliphatic carbocycles. The summed E-state index contributed by atoms with van der Waals surface area (Å²) in [6.07, 6.45) is 5.75. The van der Waals surface area contributed by atoms with E-state index in [1.807, 2.05) is 46.1 Å². The minimum atomic E-state index is 0.188. The minimum Gasteiger partial charge on any atom is -0.305 e. The standard InChI is InChI=1S/C24H38N4S2/c1-23(2,19-27(5)17-13-21-11-7-9-15-25-21)29-30-24(3,4)20-28(6)18-14-22-12-8-10-16-26-22/h7-12,15-16H,13-14,17-20H2,1-6H3. The molecule has 2 aromatic heterocycles. The van der Waals surface area contributed by atoms with Gasteiger partial charge in [0.15, 0.2) is 0 Å². The van der Waals surface area contributed by atoms with Crippen molar-refractivity contribution in [2.75, 3.05) is 40.3 Å². The molecule has 0 spiro atoms. The van der Waals surface area contributed by atoms with E-state index in [-0.39, 0.29) is 9.49 Å². The van der Waals surface area contributed by atoms with Crippen molar-refractivity contribution in [2.24, 2.45) is 0 Å². The fourth-order valence-corrected chi connectivity index (χ4v) is 6.11. The summed E-state index contributed by atoms with van der Waals surface area (Å²) >= 11 is 0. The van der Waals surface area contributed by atoms with Gasteiger partial charge in [0.2, 0.25) is 0 Å². The van der Waals surface area contributed by atoms with E-state index in [1.54, 1.807) is 0 Å². The van der Waals surface area contributed by atoms with Gasteiger partial charge in [-0.3, -0.25) is 9.97 Å². The van der Waals surface area contributed by atoms with Crippen LogP contribution in [0.2, 0.25) is 0 Å². The molecule has 0 fully saturated rings. The smallest absolute Gasteiger partial charge is 0.0416 e. The van der Waals surface area contributed by atoms with Crippen LogP contribution in [0.4, 0.5) is 0 Å². The molecule has 0 saturated heterocycles. The van der Waals surface area contributed by atoms with Gasteiger partial charge in [0.25, 0.3) is 0 Å². The second kappa shape index (κ2) is 12.1. The molecule has 0 aromatic carbocycles. The molecule has 0 radical (unpaired) electrons. The predicted molar refractivity (Wildman–Crippen MR) is 134 cm³/mol. The topological polar surface area (TPSA) is 32.3 Å². The van der Waals surface area contributed by atoms with Crippen molar-refractivity contribution in [1.82, 2.24) is 19.8 Å². The number of hydrogen-bond donors (Lipinski definition) is 0. The molecule has 2 heterocycles. The van der Waals surface area contributed by atoms with Gasteiger partial charge in [-0.15, -0.1) is 0 Å². The minimum absolute atomic E-state index is 0.188. The van der Waals surface area contributed by atoms with E-state index in [2.05, 4.69) is 85.8 Å². The normalized spacial score (nSPS) is 12.7. The van der Waals surface area contributed by atoms with Gasteiger partial charge < -0.3 is 9.80 Å². The Morgan fingerprint density at radius 2 is 1.10 bits per heavy atom. The van der Waals surface area contributed by atoms with E-state index >= 15 is 0 Å². The van der Waals surface area contributed by atoms with Crippen molar-refractivity contribution in [2.45, 2.75) is 50.0 Å². The fraction of sp³-hybridized carbons (Fsp3) is 0.583. The van der Waals surface area contributed by atoms with E-state index in [9.17, 15) is 0 Å². The molecular formula is C24H38N4S2. The van der Waals surface area contributed by atoms with Crippen LogP contribution in [0, 0.1) is 0 Å². The lowest BCUT2D eigenvalue weighted by Gasteiger charge is -2.34. The highest BCUT2D eigenvalue weighted by Gasteiger charge is 2.28. The number of nitrogens with zero attached hydrogens (tertiary/aromatic N) is 4. The molecule has 30 heavy (non-hydrogen) atoms. The Hall–Kier alpha value is -1.08. The first-order valence-electron chi connectivity index (χ1n) is 10.7. The molecule has 2 aromatic rings. The van der Waals surface area contributed by atoms with E-state index in [4.69, 9.17) is 0 Å². The first kappa shape index (κ1) is 25.2. The molecule has 2 rings (SSSR count). The van der Waals surface area contributed by atoms with Gasteiger partial charge in [0.05, 0.1) is 0 Å². The summed E-state index contributed by atoms with van der Waals surface area (Å²) < 4.78 is 0.376. The second-order valence-corrected chi connectivity index (χ2v) is 12.8. The molecule has 0 unspecified atom stereocenters. The summed E-state index contributed by atoms with van der Waals surface area (Å²) in [6.45, 7) is 13.6. The first-order valence-corrected chi connectivity index (χ1v) is 12.8. The highest BCUT2D eigenvalue weighted by Crippen LogP contribution is 2.44. The van der Waals surface area contributed by atoms with E-state index in [0.717, 1.165) is 39.0 Å². The predicted octanol–water partition coefficient (Wildman–Crippen LogP) is 5.06. The Labute approximate surface area is 191 Å². The van der Waals surface area contributed by atoms with Gasteiger partial charge in [0, 0.05) is 72.3 Å². The maximum absolute atomic E-state index is 4.43. The third kappa shape index (κ3) is 10.3. The van der Waals surface area contributed by atoms with Crippen LogP contribution in [0.15, 0.2) is 48.8 Å². The molecule has 0 amide bonds. The zero-order valence-electron chi connectivity index (χ0n) is 19.5. The summed E-state index contributed by atoms with van der Waals surface area (Å²) in [6, 6.07) is 12.3. The van der Waals surface area contributed by atoms with Crippen molar-refractivity contribution in [3.8, 4) is 0 Å². The molecular weight excluding hydrogens is 408 g/mol. The lowest BCUT2D eigenvalue weighted by atomic mass is 10.2. The Bertz CT molecular complexity index is 659. The molecule has 6 heteroatoms. The van der Waals surface area contributed by atoms with Crippen molar-refractivity contribution in [3.63, 3.8) is 0 Å². The number of pyridine rings is 2.